The largest absolute Gasteiger partial charge is 0.446 e. The van der Waals surface area contributed by atoms with Gasteiger partial charge in [0.1, 0.15) is 18.2 Å². The minimum absolute atomic E-state index is 0.0943. The first-order valence-electron chi connectivity index (χ1n) is 14.2. The highest BCUT2D eigenvalue weighted by Gasteiger charge is 2.42. The van der Waals surface area contributed by atoms with Crippen LogP contribution in [0, 0.1) is 17.8 Å². The summed E-state index contributed by atoms with van der Waals surface area (Å²) in [5, 5.41) is 5.74. The van der Waals surface area contributed by atoms with Crippen molar-refractivity contribution in [3.8, 4) is 0 Å². The lowest BCUT2D eigenvalue weighted by atomic mass is 9.95. The second kappa shape index (κ2) is 15.4. The van der Waals surface area contributed by atoms with Gasteiger partial charge in [-0.05, 0) is 74.8 Å². The highest BCUT2D eigenvalue weighted by molar-refractivity contribution is 5.94. The molecule has 10 nitrogen and oxygen atoms in total. The number of Topliss-reactive ketones (excluding diaryl/α,β-unsaturated/α-hetero) is 1. The Morgan fingerprint density at radius 1 is 1.05 bits per heavy atom. The molecule has 1 saturated heterocycles. The minimum Gasteiger partial charge on any atom is -0.446 e. The number of primary amides is 1. The summed E-state index contributed by atoms with van der Waals surface area (Å²) in [4.78, 5) is 62.4. The average molecular weight is 559 g/mol. The number of ketones is 1. The Bertz CT molecular complexity index is 1020. The fourth-order valence-electron chi connectivity index (χ4n) is 5.22. The number of nitrogens with zero attached hydrogens (tertiary/aromatic N) is 1. The number of hydrogen-bond donors (Lipinski definition) is 3. The van der Waals surface area contributed by atoms with Gasteiger partial charge in [0.2, 0.25) is 18.2 Å². The summed E-state index contributed by atoms with van der Waals surface area (Å²) in [7, 11) is 0. The Labute approximate surface area is 237 Å². The molecule has 222 valence electrons. The number of hydrogen-bond acceptors (Lipinski definition) is 6. The maximum Gasteiger partial charge on any atom is 0.408 e. The molecule has 0 spiro atoms. The van der Waals surface area contributed by atoms with Crippen LogP contribution in [0.25, 0.3) is 0 Å². The molecule has 4 amide bonds. The quantitative estimate of drug-likeness (QED) is 0.376. The standard InChI is InChI=1S/C29H43N3O5.CH3NO/c1-17(2)14-24(19(5)33)30-27(34)25-12-9-13-32(25)28(35)26(31-29(36)37-20(6)18(3)4)23-15-21-10-7-8-11-22(21)16-23;2-1-3/h7-8,10-11,17-18,20,23-26H,9,12-16H2,1-6H3,(H,30,34)(H,31,36);1H,(H2,2,3). The van der Waals surface area contributed by atoms with E-state index in [0.717, 1.165) is 0 Å². The second-order valence-corrected chi connectivity index (χ2v) is 11.5. The van der Waals surface area contributed by atoms with E-state index in [-0.39, 0.29) is 47.9 Å². The van der Waals surface area contributed by atoms with E-state index < -0.39 is 24.2 Å². The van der Waals surface area contributed by atoms with E-state index in [2.05, 4.69) is 28.5 Å². The van der Waals surface area contributed by atoms with Crippen LogP contribution in [0.1, 0.15) is 71.9 Å². The number of rotatable bonds is 10. The van der Waals surface area contributed by atoms with E-state index >= 15 is 0 Å². The lowest BCUT2D eigenvalue weighted by Gasteiger charge is -2.32. The number of nitrogens with two attached hydrogens (primary N) is 1. The Hall–Kier alpha value is -3.43. The van der Waals surface area contributed by atoms with Crippen LogP contribution in [0.2, 0.25) is 0 Å². The number of likely N-dealkylation sites (tertiary alicyclic amines) is 1. The fourth-order valence-corrected chi connectivity index (χ4v) is 5.22. The van der Waals surface area contributed by atoms with Gasteiger partial charge in [-0.25, -0.2) is 4.79 Å². The first-order chi connectivity index (χ1) is 18.9. The van der Waals surface area contributed by atoms with Crippen molar-refractivity contribution in [1.29, 1.82) is 0 Å². The summed E-state index contributed by atoms with van der Waals surface area (Å²) < 4.78 is 5.54. The molecule has 1 fully saturated rings. The summed E-state index contributed by atoms with van der Waals surface area (Å²) in [5.74, 6) is -0.427. The van der Waals surface area contributed by atoms with Crippen molar-refractivity contribution in [2.24, 2.45) is 23.5 Å². The van der Waals surface area contributed by atoms with Crippen molar-refractivity contribution in [2.75, 3.05) is 6.54 Å². The molecule has 1 aromatic carbocycles. The molecule has 4 unspecified atom stereocenters. The zero-order valence-electron chi connectivity index (χ0n) is 24.6. The Balaban J connectivity index is 0.00000178. The molecule has 2 aliphatic rings. The molecule has 1 aliphatic heterocycles. The van der Waals surface area contributed by atoms with Crippen molar-refractivity contribution in [1.82, 2.24) is 15.5 Å². The molecular formula is C30H46N4O6. The summed E-state index contributed by atoms with van der Waals surface area (Å²) in [5.41, 5.74) is 6.51. The Morgan fingerprint density at radius 2 is 1.62 bits per heavy atom. The van der Waals surface area contributed by atoms with Crippen LogP contribution in [0.3, 0.4) is 0 Å². The van der Waals surface area contributed by atoms with Crippen LogP contribution >= 0.6 is 0 Å². The lowest BCUT2D eigenvalue weighted by molar-refractivity contribution is -0.141. The van der Waals surface area contributed by atoms with Crippen molar-refractivity contribution in [3.63, 3.8) is 0 Å². The summed E-state index contributed by atoms with van der Waals surface area (Å²) in [6, 6.07) is 6.02. The molecule has 4 N–H and O–H groups in total. The highest BCUT2D eigenvalue weighted by atomic mass is 16.6. The third-order valence-corrected chi connectivity index (χ3v) is 7.68. The predicted octanol–water partition coefficient (Wildman–Crippen LogP) is 2.75. The molecule has 1 aromatic rings. The van der Waals surface area contributed by atoms with E-state index in [0.29, 0.717) is 38.6 Å². The van der Waals surface area contributed by atoms with Crippen LogP contribution in [0.5, 0.6) is 0 Å². The van der Waals surface area contributed by atoms with Gasteiger partial charge in [-0.2, -0.15) is 0 Å². The van der Waals surface area contributed by atoms with E-state index in [1.54, 1.807) is 4.90 Å². The third kappa shape index (κ3) is 9.06. The van der Waals surface area contributed by atoms with Crippen molar-refractivity contribution in [3.05, 3.63) is 35.4 Å². The summed E-state index contributed by atoms with van der Waals surface area (Å²) in [6.45, 7) is 11.7. The molecule has 1 heterocycles. The molecule has 4 atom stereocenters. The van der Waals surface area contributed by atoms with Gasteiger partial charge < -0.3 is 26.0 Å². The monoisotopic (exact) mass is 558 g/mol. The van der Waals surface area contributed by atoms with E-state index in [9.17, 15) is 19.2 Å². The van der Waals surface area contributed by atoms with Crippen LogP contribution in [-0.4, -0.2) is 65.8 Å². The average Bonchev–Trinajstić information content (AvgIpc) is 3.54. The van der Waals surface area contributed by atoms with Gasteiger partial charge in [-0.1, -0.05) is 52.0 Å². The van der Waals surface area contributed by atoms with E-state index in [4.69, 9.17) is 9.53 Å². The molecule has 3 rings (SSSR count). The maximum atomic E-state index is 14.0. The van der Waals surface area contributed by atoms with Crippen LogP contribution in [-0.2, 0) is 36.8 Å². The number of nitrogens with one attached hydrogen (secondary N) is 2. The normalized spacial score (nSPS) is 18.7. The summed E-state index contributed by atoms with van der Waals surface area (Å²) >= 11 is 0. The molecular weight excluding hydrogens is 512 g/mol. The van der Waals surface area contributed by atoms with Crippen LogP contribution in [0.4, 0.5) is 4.79 Å². The predicted molar refractivity (Wildman–Crippen MR) is 152 cm³/mol. The van der Waals surface area contributed by atoms with Crippen molar-refractivity contribution < 1.29 is 28.7 Å². The van der Waals surface area contributed by atoms with Gasteiger partial charge in [-0.15, -0.1) is 0 Å². The SMILES string of the molecule is CC(=O)C(CC(C)C)NC(=O)C1CCCN1C(=O)C(NC(=O)OC(C)C(C)C)C1Cc2ccccc2C1.NC=O. The smallest absolute Gasteiger partial charge is 0.408 e. The van der Waals surface area contributed by atoms with Gasteiger partial charge in [0, 0.05) is 6.54 Å². The zero-order chi connectivity index (χ0) is 30.0. The van der Waals surface area contributed by atoms with Crippen molar-refractivity contribution >= 4 is 30.1 Å². The molecule has 0 aromatic heterocycles. The molecule has 0 bridgehead atoms. The van der Waals surface area contributed by atoms with E-state index in [1.165, 1.54) is 18.1 Å². The third-order valence-electron chi connectivity index (χ3n) is 7.68. The van der Waals surface area contributed by atoms with Gasteiger partial charge in [0.15, 0.2) is 5.78 Å². The zero-order valence-corrected chi connectivity index (χ0v) is 24.6. The topological polar surface area (TPSA) is 148 Å². The number of alkyl carbamates (subject to hydrolysis) is 1. The first kappa shape index (κ1) is 32.8. The molecule has 40 heavy (non-hydrogen) atoms. The molecule has 10 heteroatoms. The molecule has 0 radical (unpaired) electrons. The lowest BCUT2D eigenvalue weighted by Crippen LogP contribution is -2.57. The van der Waals surface area contributed by atoms with Crippen LogP contribution < -0.4 is 16.4 Å². The fraction of sp³-hybridized carbons (Fsp3) is 0.633. The first-order valence-corrected chi connectivity index (χ1v) is 14.2. The number of amides is 4. The Kier molecular flexibility index (Phi) is 12.6. The number of fused-ring (bicyclic) bond motifs is 1. The van der Waals surface area contributed by atoms with Gasteiger partial charge in [0.25, 0.3) is 0 Å². The number of ether oxygens (including phenoxy) is 1. The van der Waals surface area contributed by atoms with E-state index in [1.807, 2.05) is 46.8 Å². The number of carbonyl (C=O) groups excluding carboxylic acids is 5. The maximum absolute atomic E-state index is 14.0. The number of carbonyl (C=O) groups is 5. The summed E-state index contributed by atoms with van der Waals surface area (Å²) in [6.07, 6.45) is 2.42. The highest BCUT2D eigenvalue weighted by Crippen LogP contribution is 2.31. The van der Waals surface area contributed by atoms with Gasteiger partial charge >= 0.3 is 6.09 Å². The second-order valence-electron chi connectivity index (χ2n) is 11.5. The van der Waals surface area contributed by atoms with Crippen LogP contribution in [0.15, 0.2) is 24.3 Å². The molecule has 1 aliphatic carbocycles. The van der Waals surface area contributed by atoms with Gasteiger partial charge in [0.05, 0.1) is 6.04 Å². The number of benzene rings is 1. The minimum atomic E-state index is -0.813. The molecule has 0 saturated carbocycles. The van der Waals surface area contributed by atoms with Gasteiger partial charge in [-0.3, -0.25) is 19.2 Å². The van der Waals surface area contributed by atoms with Crippen molar-refractivity contribution in [2.45, 2.75) is 97.9 Å². The Morgan fingerprint density at radius 3 is 2.12 bits per heavy atom.